The van der Waals surface area contributed by atoms with Crippen LogP contribution in [-0.4, -0.2) is 64.7 Å². The Hall–Kier alpha value is -0.850. The number of nitrogens with zero attached hydrogens (tertiary/aromatic N) is 1. The zero-order chi connectivity index (χ0) is 16.1. The topological polar surface area (TPSA) is 64.1 Å². The number of hydrogen-bond acceptors (Lipinski definition) is 4. The van der Waals surface area contributed by atoms with Crippen molar-refractivity contribution in [3.63, 3.8) is 0 Å². The summed E-state index contributed by atoms with van der Waals surface area (Å²) in [4.78, 5) is 4.65. The van der Waals surface area contributed by atoms with Crippen molar-refractivity contribution in [2.75, 3.05) is 53.2 Å². The molecule has 6 heteroatoms. The van der Waals surface area contributed by atoms with Crippen LogP contribution in [0.4, 0.5) is 0 Å². The van der Waals surface area contributed by atoms with Crippen molar-refractivity contribution < 1.29 is 14.2 Å². The first-order valence-corrected chi connectivity index (χ1v) is 8.43. The summed E-state index contributed by atoms with van der Waals surface area (Å²) in [6.45, 7) is 9.68. The summed E-state index contributed by atoms with van der Waals surface area (Å²) < 4.78 is 16.1. The van der Waals surface area contributed by atoms with Crippen LogP contribution in [0.15, 0.2) is 4.99 Å². The molecule has 1 unspecified atom stereocenters. The molecule has 0 radical (unpaired) electrons. The Bertz CT molecular complexity index is 305. The van der Waals surface area contributed by atoms with Crippen molar-refractivity contribution >= 4 is 5.96 Å². The number of methoxy groups -OCH3 is 1. The Labute approximate surface area is 135 Å². The lowest BCUT2D eigenvalue weighted by Gasteiger charge is -2.21. The van der Waals surface area contributed by atoms with E-state index in [1.54, 1.807) is 7.11 Å². The molecule has 1 rings (SSSR count). The number of hydrogen-bond donors (Lipinski definition) is 2. The van der Waals surface area contributed by atoms with Crippen molar-refractivity contribution in [3.05, 3.63) is 0 Å². The highest BCUT2D eigenvalue weighted by Crippen LogP contribution is 2.24. The average molecular weight is 315 g/mol. The van der Waals surface area contributed by atoms with Crippen LogP contribution in [0.5, 0.6) is 0 Å². The van der Waals surface area contributed by atoms with Gasteiger partial charge in [0.2, 0.25) is 0 Å². The van der Waals surface area contributed by atoms with Gasteiger partial charge in [0.15, 0.2) is 5.96 Å². The fourth-order valence-electron chi connectivity index (χ4n) is 2.33. The second kappa shape index (κ2) is 11.7. The van der Waals surface area contributed by atoms with Crippen LogP contribution in [0.25, 0.3) is 0 Å². The predicted molar refractivity (Wildman–Crippen MR) is 89.5 cm³/mol. The SMILES string of the molecule is CCNC(=NCC1(C)CCCO1)NCCCCOCCOC. The number of rotatable bonds is 11. The fraction of sp³-hybridized carbons (Fsp3) is 0.938. The van der Waals surface area contributed by atoms with Crippen LogP contribution in [0.2, 0.25) is 0 Å². The maximum atomic E-state index is 5.77. The van der Waals surface area contributed by atoms with Gasteiger partial charge in [-0.05, 0) is 39.5 Å². The van der Waals surface area contributed by atoms with E-state index >= 15 is 0 Å². The molecule has 0 saturated carbocycles. The van der Waals surface area contributed by atoms with Gasteiger partial charge < -0.3 is 24.8 Å². The van der Waals surface area contributed by atoms with Crippen molar-refractivity contribution in [2.45, 2.75) is 45.1 Å². The van der Waals surface area contributed by atoms with Gasteiger partial charge in [-0.25, -0.2) is 0 Å². The average Bonchev–Trinajstić information content (AvgIpc) is 2.94. The highest BCUT2D eigenvalue weighted by atomic mass is 16.5. The molecule has 1 heterocycles. The lowest BCUT2D eigenvalue weighted by molar-refractivity contribution is 0.0283. The van der Waals surface area contributed by atoms with Crippen LogP contribution in [0, 0.1) is 0 Å². The minimum Gasteiger partial charge on any atom is -0.382 e. The number of guanidine groups is 1. The van der Waals surface area contributed by atoms with E-state index in [4.69, 9.17) is 14.2 Å². The quantitative estimate of drug-likeness (QED) is 0.344. The fourth-order valence-corrected chi connectivity index (χ4v) is 2.33. The molecule has 0 aliphatic carbocycles. The molecule has 0 aromatic heterocycles. The van der Waals surface area contributed by atoms with E-state index in [9.17, 15) is 0 Å². The van der Waals surface area contributed by atoms with Gasteiger partial charge in [-0.1, -0.05) is 0 Å². The van der Waals surface area contributed by atoms with Gasteiger partial charge >= 0.3 is 0 Å². The molecule has 1 atom stereocenters. The zero-order valence-corrected chi connectivity index (χ0v) is 14.5. The van der Waals surface area contributed by atoms with E-state index in [-0.39, 0.29) is 5.60 Å². The van der Waals surface area contributed by atoms with Crippen molar-refractivity contribution in [1.82, 2.24) is 10.6 Å². The molecular formula is C16H33N3O3. The van der Waals surface area contributed by atoms with Crippen molar-refractivity contribution in [2.24, 2.45) is 4.99 Å². The summed E-state index contributed by atoms with van der Waals surface area (Å²) in [6.07, 6.45) is 4.33. The molecule has 0 amide bonds. The molecule has 0 bridgehead atoms. The molecule has 1 aliphatic heterocycles. The summed E-state index contributed by atoms with van der Waals surface area (Å²) in [5, 5.41) is 6.65. The number of ether oxygens (including phenoxy) is 3. The Morgan fingerprint density at radius 1 is 1.23 bits per heavy atom. The summed E-state index contributed by atoms with van der Waals surface area (Å²) in [5.41, 5.74) is -0.0858. The Kier molecular flexibility index (Phi) is 10.2. The molecule has 0 spiro atoms. The third-order valence-corrected chi connectivity index (χ3v) is 3.66. The largest absolute Gasteiger partial charge is 0.382 e. The monoisotopic (exact) mass is 315 g/mol. The van der Waals surface area contributed by atoms with Gasteiger partial charge in [0.05, 0.1) is 25.4 Å². The highest BCUT2D eigenvalue weighted by Gasteiger charge is 2.29. The summed E-state index contributed by atoms with van der Waals surface area (Å²) in [5.74, 6) is 0.875. The van der Waals surface area contributed by atoms with Crippen LogP contribution in [0.3, 0.4) is 0 Å². The molecular weight excluding hydrogens is 282 g/mol. The van der Waals surface area contributed by atoms with Gasteiger partial charge in [0.25, 0.3) is 0 Å². The lowest BCUT2D eigenvalue weighted by Crippen LogP contribution is -2.39. The van der Waals surface area contributed by atoms with Gasteiger partial charge in [-0.3, -0.25) is 4.99 Å². The number of nitrogens with one attached hydrogen (secondary N) is 2. The van der Waals surface area contributed by atoms with Gasteiger partial charge in [-0.15, -0.1) is 0 Å². The summed E-state index contributed by atoms with van der Waals surface area (Å²) >= 11 is 0. The molecule has 1 aliphatic rings. The van der Waals surface area contributed by atoms with E-state index in [2.05, 4.69) is 29.5 Å². The van der Waals surface area contributed by atoms with Crippen LogP contribution >= 0.6 is 0 Å². The third kappa shape index (κ3) is 8.56. The molecule has 130 valence electrons. The van der Waals surface area contributed by atoms with Crippen LogP contribution in [-0.2, 0) is 14.2 Å². The smallest absolute Gasteiger partial charge is 0.191 e. The molecule has 1 saturated heterocycles. The van der Waals surface area contributed by atoms with E-state index < -0.39 is 0 Å². The van der Waals surface area contributed by atoms with Crippen LogP contribution in [0.1, 0.15) is 39.5 Å². The Morgan fingerprint density at radius 3 is 2.77 bits per heavy atom. The van der Waals surface area contributed by atoms with E-state index in [0.717, 1.165) is 57.9 Å². The van der Waals surface area contributed by atoms with E-state index in [0.29, 0.717) is 19.8 Å². The zero-order valence-electron chi connectivity index (χ0n) is 14.5. The first kappa shape index (κ1) is 19.2. The first-order valence-electron chi connectivity index (χ1n) is 8.43. The third-order valence-electron chi connectivity index (χ3n) is 3.66. The minimum atomic E-state index is -0.0858. The molecule has 0 aromatic carbocycles. The summed E-state index contributed by atoms with van der Waals surface area (Å²) in [6, 6.07) is 0. The Morgan fingerprint density at radius 2 is 2.09 bits per heavy atom. The number of unbranched alkanes of at least 4 members (excludes halogenated alkanes) is 1. The lowest BCUT2D eigenvalue weighted by atomic mass is 10.0. The normalized spacial score (nSPS) is 22.0. The molecule has 6 nitrogen and oxygen atoms in total. The maximum absolute atomic E-state index is 5.77. The van der Waals surface area contributed by atoms with Gasteiger partial charge in [-0.2, -0.15) is 0 Å². The standard InChI is InChI=1S/C16H33N3O3/c1-4-17-15(19-14-16(2)8-7-11-22-16)18-9-5-6-10-21-13-12-20-3/h4-14H2,1-3H3,(H2,17,18,19). The number of aliphatic imine (C=N–C) groups is 1. The summed E-state index contributed by atoms with van der Waals surface area (Å²) in [7, 11) is 1.69. The van der Waals surface area contributed by atoms with Gasteiger partial charge in [0.1, 0.15) is 0 Å². The highest BCUT2D eigenvalue weighted by molar-refractivity contribution is 5.79. The van der Waals surface area contributed by atoms with Crippen molar-refractivity contribution in [1.29, 1.82) is 0 Å². The predicted octanol–water partition coefficient (Wildman–Crippen LogP) is 1.55. The second-order valence-corrected chi connectivity index (χ2v) is 5.84. The minimum absolute atomic E-state index is 0.0858. The van der Waals surface area contributed by atoms with Crippen molar-refractivity contribution in [3.8, 4) is 0 Å². The molecule has 0 aromatic rings. The van der Waals surface area contributed by atoms with Gasteiger partial charge in [0, 0.05) is 33.4 Å². The van der Waals surface area contributed by atoms with Crippen LogP contribution < -0.4 is 10.6 Å². The Balaban J connectivity index is 2.15. The maximum Gasteiger partial charge on any atom is 0.191 e. The first-order chi connectivity index (χ1) is 10.7. The molecule has 2 N–H and O–H groups in total. The second-order valence-electron chi connectivity index (χ2n) is 5.84. The van der Waals surface area contributed by atoms with E-state index in [1.807, 2.05) is 0 Å². The molecule has 22 heavy (non-hydrogen) atoms. The van der Waals surface area contributed by atoms with E-state index in [1.165, 1.54) is 0 Å². The molecule has 1 fully saturated rings.